The molecule has 0 aliphatic carbocycles. The second kappa shape index (κ2) is 5.79. The van der Waals surface area contributed by atoms with Crippen molar-refractivity contribution in [1.82, 2.24) is 19.7 Å². The first-order chi connectivity index (χ1) is 10.2. The maximum Gasteiger partial charge on any atom is 0.153 e. The van der Waals surface area contributed by atoms with E-state index in [-0.39, 0.29) is 0 Å². The van der Waals surface area contributed by atoms with E-state index in [0.717, 1.165) is 37.4 Å². The number of imidazole rings is 1. The Morgan fingerprint density at radius 2 is 2.33 bits per heavy atom. The second-order valence-corrected chi connectivity index (χ2v) is 5.77. The summed E-state index contributed by atoms with van der Waals surface area (Å²) in [5.74, 6) is 2.29. The van der Waals surface area contributed by atoms with Crippen LogP contribution in [0.3, 0.4) is 0 Å². The quantitative estimate of drug-likeness (QED) is 0.886. The number of nitrogens with zero attached hydrogens (tertiary/aromatic N) is 4. The van der Waals surface area contributed by atoms with Crippen molar-refractivity contribution in [2.24, 2.45) is 7.05 Å². The zero-order valence-corrected chi connectivity index (χ0v) is 13.1. The molecule has 2 N–H and O–H groups in total. The molecule has 0 radical (unpaired) electrons. The van der Waals surface area contributed by atoms with E-state index >= 15 is 0 Å². The Balaban J connectivity index is 1.98. The normalized spacial score (nSPS) is 15.4. The molecular weight excluding hydrogens is 264 g/mol. The van der Waals surface area contributed by atoms with Crippen molar-refractivity contribution < 1.29 is 0 Å². The Bertz CT molecular complexity index is 586. The van der Waals surface area contributed by atoms with Crippen molar-refractivity contribution in [2.45, 2.75) is 45.7 Å². The minimum absolute atomic E-state index is 0.453. The maximum absolute atomic E-state index is 4.66. The summed E-state index contributed by atoms with van der Waals surface area (Å²) in [4.78, 5) is 9.78. The third-order valence-electron chi connectivity index (χ3n) is 4.30. The van der Waals surface area contributed by atoms with Gasteiger partial charge >= 0.3 is 0 Å². The fourth-order valence-corrected chi connectivity index (χ4v) is 2.98. The highest BCUT2D eigenvalue weighted by molar-refractivity contribution is 5.62. The summed E-state index contributed by atoms with van der Waals surface area (Å²) >= 11 is 0. The Labute approximate surface area is 125 Å². The minimum atomic E-state index is 0.453. The molecule has 2 aromatic heterocycles. The van der Waals surface area contributed by atoms with Gasteiger partial charge in [-0.2, -0.15) is 5.10 Å². The smallest absolute Gasteiger partial charge is 0.153 e. The first-order valence-corrected chi connectivity index (χ1v) is 7.74. The molecule has 6 heteroatoms. The van der Waals surface area contributed by atoms with Gasteiger partial charge in [0.15, 0.2) is 5.82 Å². The molecule has 114 valence electrons. The molecule has 0 fully saturated rings. The average molecular weight is 288 g/mol. The van der Waals surface area contributed by atoms with Crippen LogP contribution in [0.15, 0.2) is 12.5 Å². The Morgan fingerprint density at radius 1 is 1.48 bits per heavy atom. The van der Waals surface area contributed by atoms with Crippen LogP contribution in [0.5, 0.6) is 0 Å². The molecule has 3 heterocycles. The van der Waals surface area contributed by atoms with Gasteiger partial charge in [-0.05, 0) is 26.2 Å². The average Bonchev–Trinajstić information content (AvgIpc) is 3.10. The van der Waals surface area contributed by atoms with Gasteiger partial charge in [0.05, 0.1) is 18.6 Å². The molecule has 0 aromatic carbocycles. The zero-order chi connectivity index (χ0) is 14.8. The highest BCUT2D eigenvalue weighted by atomic mass is 15.4. The maximum atomic E-state index is 4.66. The largest absolute Gasteiger partial charge is 0.368 e. The molecule has 1 aliphatic heterocycles. The Kier molecular flexibility index (Phi) is 3.86. The number of anilines is 2. The number of fused-ring (bicyclic) bond motifs is 1. The predicted molar refractivity (Wildman–Crippen MR) is 84.5 cm³/mol. The van der Waals surface area contributed by atoms with Gasteiger partial charge in [-0.25, -0.2) is 4.98 Å². The predicted octanol–water partition coefficient (Wildman–Crippen LogP) is 2.31. The number of H-pyrrole nitrogens is 1. The monoisotopic (exact) mass is 288 g/mol. The summed E-state index contributed by atoms with van der Waals surface area (Å²) in [6, 6.07) is 0.453. The van der Waals surface area contributed by atoms with Crippen molar-refractivity contribution in [1.29, 1.82) is 0 Å². The van der Waals surface area contributed by atoms with Gasteiger partial charge in [-0.15, -0.1) is 0 Å². The molecule has 1 unspecified atom stereocenters. The number of nitrogens with one attached hydrogen (secondary N) is 2. The second-order valence-electron chi connectivity index (χ2n) is 5.77. The van der Waals surface area contributed by atoms with Crippen LogP contribution in [0.1, 0.15) is 37.9 Å². The van der Waals surface area contributed by atoms with E-state index in [2.05, 4.69) is 39.1 Å². The molecule has 0 amide bonds. The van der Waals surface area contributed by atoms with Crippen LogP contribution < -0.4 is 10.2 Å². The summed E-state index contributed by atoms with van der Waals surface area (Å²) in [5, 5.41) is 8.07. The molecule has 0 bridgehead atoms. The number of aryl methyl sites for hydroxylation is 1. The molecule has 21 heavy (non-hydrogen) atoms. The van der Waals surface area contributed by atoms with Gasteiger partial charge < -0.3 is 15.2 Å². The van der Waals surface area contributed by atoms with E-state index in [1.165, 1.54) is 17.8 Å². The molecule has 0 spiro atoms. The van der Waals surface area contributed by atoms with Gasteiger partial charge in [0, 0.05) is 31.4 Å². The molecule has 1 aliphatic rings. The summed E-state index contributed by atoms with van der Waals surface area (Å²) < 4.78 is 2.02. The van der Waals surface area contributed by atoms with E-state index in [4.69, 9.17) is 0 Å². The lowest BCUT2D eigenvalue weighted by Crippen LogP contribution is -2.34. The molecular formula is C15H24N6. The van der Waals surface area contributed by atoms with Gasteiger partial charge in [0.1, 0.15) is 5.82 Å². The van der Waals surface area contributed by atoms with E-state index in [1.807, 2.05) is 17.9 Å². The van der Waals surface area contributed by atoms with Gasteiger partial charge in [-0.3, -0.25) is 4.68 Å². The molecule has 0 saturated heterocycles. The van der Waals surface area contributed by atoms with Crippen molar-refractivity contribution in [3.8, 4) is 0 Å². The first kappa shape index (κ1) is 14.0. The van der Waals surface area contributed by atoms with Crippen LogP contribution in [0.25, 0.3) is 0 Å². The lowest BCUT2D eigenvalue weighted by Gasteiger charge is -2.31. The Morgan fingerprint density at radius 3 is 3.05 bits per heavy atom. The van der Waals surface area contributed by atoms with Crippen LogP contribution in [0.2, 0.25) is 0 Å². The number of hydrogen-bond donors (Lipinski definition) is 2. The number of aromatic amines is 1. The van der Waals surface area contributed by atoms with Crippen LogP contribution in [0, 0.1) is 0 Å². The topological polar surface area (TPSA) is 61.8 Å². The summed E-state index contributed by atoms with van der Waals surface area (Å²) in [7, 11) is 2.04. The van der Waals surface area contributed by atoms with Crippen LogP contribution >= 0.6 is 0 Å². The number of rotatable bonds is 5. The molecule has 6 nitrogen and oxygen atoms in total. The highest BCUT2D eigenvalue weighted by Crippen LogP contribution is 2.33. The fourth-order valence-electron chi connectivity index (χ4n) is 2.98. The first-order valence-electron chi connectivity index (χ1n) is 7.74. The van der Waals surface area contributed by atoms with Crippen LogP contribution in [-0.2, 0) is 20.0 Å². The third kappa shape index (κ3) is 2.62. The van der Waals surface area contributed by atoms with Gasteiger partial charge in [0.25, 0.3) is 0 Å². The third-order valence-corrected chi connectivity index (χ3v) is 4.30. The van der Waals surface area contributed by atoms with Gasteiger partial charge in [0.2, 0.25) is 0 Å². The highest BCUT2D eigenvalue weighted by Gasteiger charge is 2.26. The Hall–Kier alpha value is -1.98. The van der Waals surface area contributed by atoms with Gasteiger partial charge in [-0.1, -0.05) is 6.92 Å². The van der Waals surface area contributed by atoms with Crippen molar-refractivity contribution >= 4 is 11.6 Å². The van der Waals surface area contributed by atoms with E-state index < -0.39 is 0 Å². The zero-order valence-electron chi connectivity index (χ0n) is 13.1. The van der Waals surface area contributed by atoms with Crippen LogP contribution in [-0.4, -0.2) is 32.3 Å². The SMILES string of the molecule is CCC(C)N(Cc1cnc[nH]1)c1c2c(nn1C)NCCC2. The summed E-state index contributed by atoms with van der Waals surface area (Å²) in [6.07, 6.45) is 7.01. The number of hydrogen-bond acceptors (Lipinski definition) is 4. The van der Waals surface area contributed by atoms with Crippen molar-refractivity contribution in [3.05, 3.63) is 23.8 Å². The molecule has 1 atom stereocenters. The van der Waals surface area contributed by atoms with E-state index in [1.54, 1.807) is 6.33 Å². The fraction of sp³-hybridized carbons (Fsp3) is 0.600. The summed E-state index contributed by atoms with van der Waals surface area (Å²) in [5.41, 5.74) is 2.48. The van der Waals surface area contributed by atoms with Crippen molar-refractivity contribution in [2.75, 3.05) is 16.8 Å². The molecule has 3 rings (SSSR count). The standard InChI is InChI=1S/C15H24N6/c1-4-11(2)21(9-12-8-16-10-18-12)15-13-6-5-7-17-14(13)19-20(15)3/h8,10-11H,4-7,9H2,1-3H3,(H,16,18)(H,17,19). The number of aromatic nitrogens is 4. The van der Waals surface area contributed by atoms with Crippen LogP contribution in [0.4, 0.5) is 11.6 Å². The summed E-state index contributed by atoms with van der Waals surface area (Å²) in [6.45, 7) is 6.35. The van der Waals surface area contributed by atoms with E-state index in [9.17, 15) is 0 Å². The minimum Gasteiger partial charge on any atom is -0.368 e. The van der Waals surface area contributed by atoms with Crippen molar-refractivity contribution in [3.63, 3.8) is 0 Å². The van der Waals surface area contributed by atoms with E-state index in [0.29, 0.717) is 6.04 Å². The molecule has 0 saturated carbocycles. The lowest BCUT2D eigenvalue weighted by atomic mass is 10.1. The lowest BCUT2D eigenvalue weighted by molar-refractivity contribution is 0.581. The molecule has 2 aromatic rings.